The molecule has 3 heteroatoms. The Labute approximate surface area is 128 Å². The van der Waals surface area contributed by atoms with Crippen molar-refractivity contribution in [2.45, 2.75) is 6.42 Å². The highest BCUT2D eigenvalue weighted by Crippen LogP contribution is 2.15. The summed E-state index contributed by atoms with van der Waals surface area (Å²) < 4.78 is 0. The summed E-state index contributed by atoms with van der Waals surface area (Å²) in [5.74, 6) is -0.670. The standard InChI is InChI=1S/C19H15NO2/c21-18(12-14-6-2-1-3-7-14)20-19(22)17-11-10-15-8-4-5-9-16(15)13-17/h1-11,13H,12H2,(H,20,21,22). The van der Waals surface area contributed by atoms with Gasteiger partial charge < -0.3 is 0 Å². The van der Waals surface area contributed by atoms with Crippen molar-refractivity contribution in [2.75, 3.05) is 0 Å². The van der Waals surface area contributed by atoms with Crippen molar-refractivity contribution in [3.8, 4) is 0 Å². The average Bonchev–Trinajstić information content (AvgIpc) is 2.55. The highest BCUT2D eigenvalue weighted by molar-refractivity contribution is 6.06. The molecule has 0 unspecified atom stereocenters. The molecule has 0 aliphatic heterocycles. The first kappa shape index (κ1) is 14.0. The van der Waals surface area contributed by atoms with Crippen molar-refractivity contribution >= 4 is 22.6 Å². The number of amides is 2. The zero-order chi connectivity index (χ0) is 15.4. The van der Waals surface area contributed by atoms with Gasteiger partial charge in [-0.05, 0) is 28.5 Å². The van der Waals surface area contributed by atoms with Gasteiger partial charge in [-0.15, -0.1) is 0 Å². The molecule has 0 aliphatic rings. The Morgan fingerprint density at radius 1 is 0.773 bits per heavy atom. The molecule has 0 radical (unpaired) electrons. The molecule has 0 spiro atoms. The smallest absolute Gasteiger partial charge is 0.257 e. The zero-order valence-corrected chi connectivity index (χ0v) is 12.0. The maximum atomic E-state index is 12.2. The fraction of sp³-hybridized carbons (Fsp3) is 0.0526. The van der Waals surface area contributed by atoms with Gasteiger partial charge in [-0.3, -0.25) is 14.9 Å². The third kappa shape index (κ3) is 3.20. The van der Waals surface area contributed by atoms with Gasteiger partial charge in [0.2, 0.25) is 5.91 Å². The molecule has 0 fully saturated rings. The lowest BCUT2D eigenvalue weighted by Gasteiger charge is -2.05. The SMILES string of the molecule is O=C(Cc1ccccc1)NC(=O)c1ccc2ccccc2c1. The van der Waals surface area contributed by atoms with Crippen LogP contribution in [0, 0.1) is 0 Å². The zero-order valence-electron chi connectivity index (χ0n) is 12.0. The largest absolute Gasteiger partial charge is 0.292 e. The Morgan fingerprint density at radius 3 is 2.23 bits per heavy atom. The van der Waals surface area contributed by atoms with Gasteiger partial charge in [-0.1, -0.05) is 60.7 Å². The summed E-state index contributed by atoms with van der Waals surface area (Å²) in [7, 11) is 0. The van der Waals surface area contributed by atoms with E-state index in [-0.39, 0.29) is 18.2 Å². The van der Waals surface area contributed by atoms with Crippen molar-refractivity contribution in [3.63, 3.8) is 0 Å². The van der Waals surface area contributed by atoms with E-state index >= 15 is 0 Å². The molecule has 0 atom stereocenters. The number of rotatable bonds is 3. The van der Waals surface area contributed by atoms with Gasteiger partial charge in [-0.2, -0.15) is 0 Å². The number of carbonyl (C=O) groups excluding carboxylic acids is 2. The molecular weight excluding hydrogens is 274 g/mol. The number of carbonyl (C=O) groups is 2. The molecule has 0 aromatic heterocycles. The van der Waals surface area contributed by atoms with Gasteiger partial charge in [-0.25, -0.2) is 0 Å². The van der Waals surface area contributed by atoms with Crippen molar-refractivity contribution in [2.24, 2.45) is 0 Å². The van der Waals surface area contributed by atoms with Crippen LogP contribution in [0.15, 0.2) is 72.8 Å². The van der Waals surface area contributed by atoms with E-state index in [4.69, 9.17) is 0 Å². The Balaban J connectivity index is 1.71. The van der Waals surface area contributed by atoms with Crippen LogP contribution in [0.4, 0.5) is 0 Å². The first-order valence-corrected chi connectivity index (χ1v) is 7.09. The summed E-state index contributed by atoms with van der Waals surface area (Å²) in [6.07, 6.45) is 0.195. The van der Waals surface area contributed by atoms with Crippen LogP contribution in [-0.2, 0) is 11.2 Å². The van der Waals surface area contributed by atoms with E-state index in [1.54, 1.807) is 12.1 Å². The summed E-state index contributed by atoms with van der Waals surface area (Å²) >= 11 is 0. The maximum absolute atomic E-state index is 12.2. The second-order valence-electron chi connectivity index (χ2n) is 5.10. The van der Waals surface area contributed by atoms with Crippen molar-refractivity contribution in [1.29, 1.82) is 0 Å². The molecular formula is C19H15NO2. The first-order chi connectivity index (χ1) is 10.7. The summed E-state index contributed by atoms with van der Waals surface area (Å²) in [5.41, 5.74) is 1.37. The summed E-state index contributed by atoms with van der Waals surface area (Å²) in [6, 6.07) is 22.6. The molecule has 0 saturated carbocycles. The predicted octanol–water partition coefficient (Wildman–Crippen LogP) is 3.34. The minimum absolute atomic E-state index is 0.195. The second kappa shape index (κ2) is 6.22. The van der Waals surface area contributed by atoms with Crippen LogP contribution in [0.25, 0.3) is 10.8 Å². The third-order valence-electron chi connectivity index (χ3n) is 3.47. The normalized spacial score (nSPS) is 10.4. The monoisotopic (exact) mass is 289 g/mol. The van der Waals surface area contributed by atoms with Gasteiger partial charge in [0.1, 0.15) is 0 Å². The van der Waals surface area contributed by atoms with Gasteiger partial charge in [0, 0.05) is 5.56 Å². The van der Waals surface area contributed by atoms with E-state index in [0.717, 1.165) is 16.3 Å². The fourth-order valence-electron chi connectivity index (χ4n) is 2.35. The summed E-state index contributed by atoms with van der Waals surface area (Å²) in [6.45, 7) is 0. The molecule has 108 valence electrons. The van der Waals surface area contributed by atoms with E-state index in [9.17, 15) is 9.59 Å². The Hall–Kier alpha value is -2.94. The van der Waals surface area contributed by atoms with Gasteiger partial charge >= 0.3 is 0 Å². The van der Waals surface area contributed by atoms with Gasteiger partial charge in [0.25, 0.3) is 5.91 Å². The molecule has 0 bridgehead atoms. The molecule has 3 nitrogen and oxygen atoms in total. The van der Waals surface area contributed by atoms with Crippen molar-refractivity contribution in [3.05, 3.63) is 83.9 Å². The molecule has 3 aromatic rings. The highest BCUT2D eigenvalue weighted by atomic mass is 16.2. The van der Waals surface area contributed by atoms with Crippen LogP contribution in [0.3, 0.4) is 0 Å². The van der Waals surface area contributed by atoms with Crippen molar-refractivity contribution in [1.82, 2.24) is 5.32 Å². The lowest BCUT2D eigenvalue weighted by molar-refractivity contribution is -0.119. The lowest BCUT2D eigenvalue weighted by Crippen LogP contribution is -2.31. The molecule has 3 rings (SSSR count). The van der Waals surface area contributed by atoms with Crippen molar-refractivity contribution < 1.29 is 9.59 Å². The van der Waals surface area contributed by atoms with E-state index in [1.807, 2.05) is 60.7 Å². The predicted molar refractivity (Wildman–Crippen MR) is 86.6 cm³/mol. The summed E-state index contributed by atoms with van der Waals surface area (Å²) in [5, 5.41) is 4.47. The number of fused-ring (bicyclic) bond motifs is 1. The van der Waals surface area contributed by atoms with E-state index in [0.29, 0.717) is 5.56 Å². The van der Waals surface area contributed by atoms with Crippen LogP contribution >= 0.6 is 0 Å². The van der Waals surface area contributed by atoms with Crippen LogP contribution in [-0.4, -0.2) is 11.8 Å². The number of imide groups is 1. The molecule has 1 N–H and O–H groups in total. The van der Waals surface area contributed by atoms with Crippen LogP contribution in [0.2, 0.25) is 0 Å². The quantitative estimate of drug-likeness (QED) is 0.804. The van der Waals surface area contributed by atoms with Crippen LogP contribution < -0.4 is 5.32 Å². The van der Waals surface area contributed by atoms with Crippen LogP contribution in [0.5, 0.6) is 0 Å². The minimum Gasteiger partial charge on any atom is -0.292 e. The van der Waals surface area contributed by atoms with E-state index in [1.165, 1.54) is 0 Å². The van der Waals surface area contributed by atoms with Crippen LogP contribution in [0.1, 0.15) is 15.9 Å². The second-order valence-corrected chi connectivity index (χ2v) is 5.10. The Morgan fingerprint density at radius 2 is 1.45 bits per heavy atom. The lowest BCUT2D eigenvalue weighted by atomic mass is 10.1. The molecule has 22 heavy (non-hydrogen) atoms. The molecule has 0 heterocycles. The Bertz CT molecular complexity index is 825. The minimum atomic E-state index is -0.369. The molecule has 0 aliphatic carbocycles. The molecule has 2 amide bonds. The molecule has 0 saturated heterocycles. The number of nitrogens with one attached hydrogen (secondary N) is 1. The third-order valence-corrected chi connectivity index (χ3v) is 3.47. The fourth-order valence-corrected chi connectivity index (χ4v) is 2.35. The molecule has 3 aromatic carbocycles. The van der Waals surface area contributed by atoms with Gasteiger partial charge in [0.05, 0.1) is 6.42 Å². The number of hydrogen-bond acceptors (Lipinski definition) is 2. The average molecular weight is 289 g/mol. The first-order valence-electron chi connectivity index (χ1n) is 7.09. The maximum Gasteiger partial charge on any atom is 0.257 e. The number of hydrogen-bond donors (Lipinski definition) is 1. The van der Waals surface area contributed by atoms with E-state index in [2.05, 4.69) is 5.32 Å². The van der Waals surface area contributed by atoms with Gasteiger partial charge in [0.15, 0.2) is 0 Å². The topological polar surface area (TPSA) is 46.2 Å². The highest BCUT2D eigenvalue weighted by Gasteiger charge is 2.11. The van der Waals surface area contributed by atoms with E-state index < -0.39 is 0 Å². The summed E-state index contributed by atoms with van der Waals surface area (Å²) in [4.78, 5) is 24.1. The Kier molecular flexibility index (Phi) is 3.97. The number of benzene rings is 3.